The summed E-state index contributed by atoms with van der Waals surface area (Å²) in [5.41, 5.74) is -0.414. The largest absolute Gasteiger partial charge is 0.416 e. The summed E-state index contributed by atoms with van der Waals surface area (Å²) >= 11 is 4.37. The van der Waals surface area contributed by atoms with Gasteiger partial charge in [-0.2, -0.15) is 0 Å². The van der Waals surface area contributed by atoms with Crippen molar-refractivity contribution in [1.29, 1.82) is 0 Å². The smallest absolute Gasteiger partial charge is 0.328 e. The molecule has 0 fully saturated rings. The number of aromatic nitrogens is 4. The molecule has 3 rings (SSSR count). The molecule has 0 spiro atoms. The topological polar surface area (TPSA) is 93.8 Å². The van der Waals surface area contributed by atoms with E-state index in [1.807, 2.05) is 0 Å². The van der Waals surface area contributed by atoms with Crippen molar-refractivity contribution in [3.05, 3.63) is 73.0 Å². The highest BCUT2D eigenvalue weighted by molar-refractivity contribution is 9.10. The maximum atomic E-state index is 13.9. The highest BCUT2D eigenvalue weighted by atomic mass is 79.9. The molecular formula is C15H12BrFN4O3S. The average Bonchev–Trinajstić information content (AvgIpc) is 3.03. The Bertz CT molecular complexity index is 1000. The van der Waals surface area contributed by atoms with Crippen LogP contribution in [0.25, 0.3) is 0 Å². The zero-order chi connectivity index (χ0) is 17.8. The van der Waals surface area contributed by atoms with Gasteiger partial charge in [0.25, 0.3) is 10.8 Å². The van der Waals surface area contributed by atoms with Gasteiger partial charge < -0.3 is 8.98 Å². The van der Waals surface area contributed by atoms with Crippen molar-refractivity contribution in [2.24, 2.45) is 0 Å². The van der Waals surface area contributed by atoms with E-state index in [0.29, 0.717) is 39.9 Å². The minimum atomic E-state index is -0.494. The minimum absolute atomic E-state index is 0.294. The van der Waals surface area contributed by atoms with Gasteiger partial charge in [-0.1, -0.05) is 23.9 Å². The number of aryl methyl sites for hydroxylation is 2. The molecule has 0 saturated carbocycles. The number of benzene rings is 1. The summed E-state index contributed by atoms with van der Waals surface area (Å²) < 4.78 is 21.1. The molecule has 0 saturated heterocycles. The van der Waals surface area contributed by atoms with Crippen molar-refractivity contribution in [2.45, 2.75) is 23.9 Å². The number of nitrogens with one attached hydrogen (secondary N) is 1. The second kappa shape index (κ2) is 7.79. The first-order valence-electron chi connectivity index (χ1n) is 7.21. The van der Waals surface area contributed by atoms with Gasteiger partial charge in [0.2, 0.25) is 5.89 Å². The molecule has 25 heavy (non-hydrogen) atoms. The molecule has 0 radical (unpaired) electrons. The number of thioether (sulfide) groups is 1. The van der Waals surface area contributed by atoms with Gasteiger partial charge in [-0.3, -0.25) is 9.78 Å². The molecule has 0 bridgehead atoms. The van der Waals surface area contributed by atoms with Crippen LogP contribution in [0, 0.1) is 5.82 Å². The molecule has 2 heterocycles. The van der Waals surface area contributed by atoms with Gasteiger partial charge >= 0.3 is 5.69 Å². The third kappa shape index (κ3) is 4.45. The summed E-state index contributed by atoms with van der Waals surface area (Å²) in [4.78, 5) is 24.8. The molecule has 0 aliphatic rings. The van der Waals surface area contributed by atoms with E-state index in [9.17, 15) is 14.0 Å². The molecule has 3 aromatic rings. The predicted octanol–water partition coefficient (Wildman–Crippen LogP) is 2.36. The quantitative estimate of drug-likeness (QED) is 0.608. The Hall–Kier alpha value is -2.20. The lowest BCUT2D eigenvalue weighted by Crippen LogP contribution is -2.29. The second-order valence-corrected chi connectivity index (χ2v) is 6.80. The molecule has 2 aromatic heterocycles. The lowest BCUT2D eigenvalue weighted by Gasteiger charge is -2.02. The molecule has 0 aliphatic carbocycles. The Balaban J connectivity index is 1.60. The molecular weight excluding hydrogens is 415 g/mol. The zero-order valence-electron chi connectivity index (χ0n) is 12.7. The zero-order valence-corrected chi connectivity index (χ0v) is 15.1. The maximum absolute atomic E-state index is 13.9. The van der Waals surface area contributed by atoms with Crippen LogP contribution >= 0.6 is 27.7 Å². The predicted molar refractivity (Wildman–Crippen MR) is 93.0 cm³/mol. The highest BCUT2D eigenvalue weighted by Gasteiger charge is 2.11. The molecule has 1 aromatic carbocycles. The average molecular weight is 427 g/mol. The first-order chi connectivity index (χ1) is 12.0. The number of rotatable bonds is 6. The molecule has 1 N–H and O–H groups in total. The van der Waals surface area contributed by atoms with Crippen molar-refractivity contribution >= 4 is 27.7 Å². The standard InChI is InChI=1S/C15H12BrFN4O3S/c16-10-3-1-2-9(13(10)17)8-25-15-20-19-12(24-15)5-7-21-6-4-11(22)18-14(21)23/h1-4,6H,5,7-8H2,(H,18,22,23). The summed E-state index contributed by atoms with van der Waals surface area (Å²) in [7, 11) is 0. The Morgan fingerprint density at radius 1 is 1.28 bits per heavy atom. The van der Waals surface area contributed by atoms with Gasteiger partial charge in [0.15, 0.2) is 0 Å². The van der Waals surface area contributed by atoms with Crippen molar-refractivity contribution < 1.29 is 8.81 Å². The van der Waals surface area contributed by atoms with Crippen molar-refractivity contribution in [3.8, 4) is 0 Å². The van der Waals surface area contributed by atoms with Gasteiger partial charge in [0.1, 0.15) is 5.82 Å². The summed E-state index contributed by atoms with van der Waals surface area (Å²) in [5.74, 6) is 0.397. The van der Waals surface area contributed by atoms with Crippen molar-refractivity contribution in [3.63, 3.8) is 0 Å². The van der Waals surface area contributed by atoms with Crippen LogP contribution in [-0.4, -0.2) is 19.7 Å². The molecule has 0 aliphatic heterocycles. The van der Waals surface area contributed by atoms with Crippen molar-refractivity contribution in [1.82, 2.24) is 19.7 Å². The number of hydrogen-bond acceptors (Lipinski definition) is 6. The van der Waals surface area contributed by atoms with Crippen LogP contribution < -0.4 is 11.2 Å². The van der Waals surface area contributed by atoms with E-state index < -0.39 is 11.2 Å². The van der Waals surface area contributed by atoms with Crippen LogP contribution in [0.2, 0.25) is 0 Å². The molecule has 130 valence electrons. The lowest BCUT2D eigenvalue weighted by molar-refractivity contribution is 0.403. The first kappa shape index (κ1) is 17.6. The normalized spacial score (nSPS) is 11.0. The van der Waals surface area contributed by atoms with Gasteiger partial charge in [0, 0.05) is 31.0 Å². The van der Waals surface area contributed by atoms with Gasteiger partial charge in [-0.05, 0) is 27.6 Å². The lowest BCUT2D eigenvalue weighted by atomic mass is 10.2. The van der Waals surface area contributed by atoms with E-state index in [1.54, 1.807) is 18.2 Å². The molecule has 10 heteroatoms. The Kier molecular flexibility index (Phi) is 5.49. The summed E-state index contributed by atoms with van der Waals surface area (Å²) in [6.45, 7) is 0.294. The third-order valence-electron chi connectivity index (χ3n) is 3.29. The molecule has 7 nitrogen and oxygen atoms in total. The minimum Gasteiger partial charge on any atom is -0.416 e. The second-order valence-electron chi connectivity index (χ2n) is 5.02. The van der Waals surface area contributed by atoms with Crippen LogP contribution in [0.15, 0.2) is 54.2 Å². The number of aromatic amines is 1. The van der Waals surface area contributed by atoms with Crippen LogP contribution in [0.5, 0.6) is 0 Å². The summed E-state index contributed by atoms with van der Waals surface area (Å²) in [6, 6.07) is 6.34. The van der Waals surface area contributed by atoms with Crippen LogP contribution in [0.3, 0.4) is 0 Å². The van der Waals surface area contributed by atoms with Crippen molar-refractivity contribution in [2.75, 3.05) is 0 Å². The number of halogens is 2. The highest BCUT2D eigenvalue weighted by Crippen LogP contribution is 2.26. The molecule has 0 unspecified atom stereocenters. The Labute approximate surface area is 153 Å². The maximum Gasteiger partial charge on any atom is 0.328 e. The van der Waals surface area contributed by atoms with E-state index in [1.165, 1.54) is 28.6 Å². The summed E-state index contributed by atoms with van der Waals surface area (Å²) in [5, 5.41) is 8.12. The van der Waals surface area contributed by atoms with E-state index >= 15 is 0 Å². The van der Waals surface area contributed by atoms with Crippen LogP contribution in [0.4, 0.5) is 4.39 Å². The summed E-state index contributed by atoms with van der Waals surface area (Å²) in [6.07, 6.45) is 1.74. The van der Waals surface area contributed by atoms with E-state index in [4.69, 9.17) is 4.42 Å². The van der Waals surface area contributed by atoms with E-state index in [0.717, 1.165) is 0 Å². The van der Waals surface area contributed by atoms with Gasteiger partial charge in [0.05, 0.1) is 4.47 Å². The first-order valence-corrected chi connectivity index (χ1v) is 8.98. The number of hydrogen-bond donors (Lipinski definition) is 1. The van der Waals surface area contributed by atoms with E-state index in [-0.39, 0.29) is 5.82 Å². The van der Waals surface area contributed by atoms with Gasteiger partial charge in [-0.15, -0.1) is 10.2 Å². The molecule has 0 atom stereocenters. The number of nitrogens with zero attached hydrogens (tertiary/aromatic N) is 3. The Morgan fingerprint density at radius 3 is 2.92 bits per heavy atom. The third-order valence-corrected chi connectivity index (χ3v) is 4.77. The molecule has 0 amide bonds. The fourth-order valence-electron chi connectivity index (χ4n) is 2.03. The van der Waals surface area contributed by atoms with Crippen LogP contribution in [0.1, 0.15) is 11.5 Å². The fourth-order valence-corrected chi connectivity index (χ4v) is 3.20. The van der Waals surface area contributed by atoms with Crippen LogP contribution in [-0.2, 0) is 18.7 Å². The monoisotopic (exact) mass is 426 g/mol. The fraction of sp³-hybridized carbons (Fsp3) is 0.200. The SMILES string of the molecule is O=c1ccn(CCc2nnc(SCc3cccc(Br)c3F)o2)c(=O)[nH]1. The van der Waals surface area contributed by atoms with Gasteiger partial charge in [-0.25, -0.2) is 9.18 Å². The number of H-pyrrole nitrogens is 1. The Morgan fingerprint density at radius 2 is 2.12 bits per heavy atom. The van der Waals surface area contributed by atoms with E-state index in [2.05, 4.69) is 31.1 Å².